The summed E-state index contributed by atoms with van der Waals surface area (Å²) in [4.78, 5) is 0. The Hall–Kier alpha value is -0.766. The second kappa shape index (κ2) is 12.8. The maximum absolute atomic E-state index is 13.8. The van der Waals surface area contributed by atoms with E-state index in [0.29, 0.717) is 12.4 Å². The SMILES string of the molecule is Cc1cccc(F)c1OCCCCC[N+]1(Cc2ccccc2)CCCCCC1.[Y]. The molecule has 0 aromatic heterocycles. The quantitative estimate of drug-likeness (QED) is 0.308. The molecule has 1 heterocycles. The molecule has 0 unspecified atom stereocenters. The summed E-state index contributed by atoms with van der Waals surface area (Å²) < 4.78 is 20.8. The molecular weight excluding hydrogens is 438 g/mol. The van der Waals surface area contributed by atoms with Gasteiger partial charge >= 0.3 is 0 Å². The first kappa shape index (κ1) is 24.5. The maximum atomic E-state index is 13.8. The van der Waals surface area contributed by atoms with Crippen LogP contribution in [0.4, 0.5) is 4.39 Å². The van der Waals surface area contributed by atoms with Gasteiger partial charge in [-0.25, -0.2) is 4.39 Å². The molecule has 1 radical (unpaired) electrons. The van der Waals surface area contributed by atoms with Gasteiger partial charge in [0.1, 0.15) is 6.54 Å². The normalized spacial score (nSPS) is 15.9. The van der Waals surface area contributed by atoms with E-state index in [4.69, 9.17) is 4.74 Å². The summed E-state index contributed by atoms with van der Waals surface area (Å²) in [6.07, 6.45) is 8.80. The van der Waals surface area contributed by atoms with Crippen molar-refractivity contribution in [1.82, 2.24) is 0 Å². The largest absolute Gasteiger partial charge is 0.490 e. The van der Waals surface area contributed by atoms with Crippen LogP contribution in [0, 0.1) is 12.7 Å². The fraction of sp³-hybridized carbons (Fsp3) is 0.520. The van der Waals surface area contributed by atoms with Crippen LogP contribution in [0.25, 0.3) is 0 Å². The molecule has 2 nitrogen and oxygen atoms in total. The average Bonchev–Trinajstić information content (AvgIpc) is 2.93. The van der Waals surface area contributed by atoms with E-state index in [1.54, 1.807) is 6.07 Å². The molecule has 4 heteroatoms. The van der Waals surface area contributed by atoms with Crippen molar-refractivity contribution >= 4 is 0 Å². The molecule has 1 fully saturated rings. The van der Waals surface area contributed by atoms with Crippen molar-refractivity contribution in [1.29, 1.82) is 0 Å². The van der Waals surface area contributed by atoms with E-state index in [2.05, 4.69) is 30.3 Å². The first-order valence-electron chi connectivity index (χ1n) is 11.0. The van der Waals surface area contributed by atoms with E-state index >= 15 is 0 Å². The molecule has 2 aromatic carbocycles. The number of benzene rings is 2. The molecule has 2 aromatic rings. The van der Waals surface area contributed by atoms with Gasteiger partial charge in [-0.15, -0.1) is 0 Å². The third kappa shape index (κ3) is 7.77. The van der Waals surface area contributed by atoms with Gasteiger partial charge < -0.3 is 9.22 Å². The van der Waals surface area contributed by atoms with Crippen LogP contribution < -0.4 is 4.74 Å². The molecule has 0 N–H and O–H groups in total. The summed E-state index contributed by atoms with van der Waals surface area (Å²) in [6.45, 7) is 7.51. The van der Waals surface area contributed by atoms with Crippen molar-refractivity contribution in [2.24, 2.45) is 0 Å². The number of hydrogen-bond acceptors (Lipinski definition) is 1. The van der Waals surface area contributed by atoms with E-state index < -0.39 is 0 Å². The van der Waals surface area contributed by atoms with Crippen LogP contribution in [0.5, 0.6) is 5.75 Å². The zero-order valence-electron chi connectivity index (χ0n) is 17.9. The van der Waals surface area contributed by atoms with Gasteiger partial charge in [-0.2, -0.15) is 0 Å². The molecule has 155 valence electrons. The Morgan fingerprint density at radius 2 is 1.59 bits per heavy atom. The summed E-state index contributed by atoms with van der Waals surface area (Å²) in [5.74, 6) is 0.166. The van der Waals surface area contributed by atoms with Crippen LogP contribution in [-0.4, -0.2) is 30.7 Å². The van der Waals surface area contributed by atoms with Gasteiger partial charge in [0, 0.05) is 38.3 Å². The maximum Gasteiger partial charge on any atom is 0.165 e. The third-order valence-electron chi connectivity index (χ3n) is 6.06. The number of para-hydroxylation sites is 1. The molecule has 3 rings (SSSR count). The Kier molecular flexibility index (Phi) is 10.8. The van der Waals surface area contributed by atoms with E-state index in [9.17, 15) is 4.39 Å². The molecule has 0 saturated carbocycles. The Labute approximate surface area is 201 Å². The smallest absolute Gasteiger partial charge is 0.165 e. The summed E-state index contributed by atoms with van der Waals surface area (Å²) in [6, 6.07) is 16.1. The second-order valence-electron chi connectivity index (χ2n) is 8.37. The standard InChI is InChI=1S/C25H35FNO.Y/c1-22-13-12-16-24(26)25(22)28-20-11-5-10-19-27(17-8-2-3-9-18-27)21-23-14-6-4-7-15-23;/h4,6-7,12-16H,2-3,5,8-11,17-21H2,1H3;/q+1;. The van der Waals surface area contributed by atoms with Crippen LogP contribution in [0.1, 0.15) is 56.1 Å². The average molecular weight is 473 g/mol. The van der Waals surface area contributed by atoms with E-state index in [1.807, 2.05) is 13.0 Å². The number of unbranched alkanes of at least 4 members (excludes halogenated alkanes) is 2. The predicted molar refractivity (Wildman–Crippen MR) is 114 cm³/mol. The summed E-state index contributed by atoms with van der Waals surface area (Å²) in [7, 11) is 0. The number of nitrogens with zero attached hydrogens (tertiary/aromatic N) is 1. The van der Waals surface area contributed by atoms with E-state index in [-0.39, 0.29) is 38.5 Å². The van der Waals surface area contributed by atoms with Gasteiger partial charge in [0.05, 0.1) is 26.2 Å². The minimum atomic E-state index is -0.253. The summed E-state index contributed by atoms with van der Waals surface area (Å²) >= 11 is 0. The van der Waals surface area contributed by atoms with Gasteiger partial charge in [0.15, 0.2) is 11.6 Å². The fourth-order valence-electron chi connectivity index (χ4n) is 4.49. The van der Waals surface area contributed by atoms with Gasteiger partial charge in [0.25, 0.3) is 0 Å². The first-order chi connectivity index (χ1) is 13.7. The van der Waals surface area contributed by atoms with Crippen molar-refractivity contribution in [2.45, 2.75) is 58.4 Å². The van der Waals surface area contributed by atoms with Crippen LogP contribution in [0.3, 0.4) is 0 Å². The van der Waals surface area contributed by atoms with Crippen molar-refractivity contribution < 1.29 is 46.3 Å². The zero-order chi connectivity index (χ0) is 19.7. The molecule has 0 atom stereocenters. The topological polar surface area (TPSA) is 9.23 Å². The van der Waals surface area contributed by atoms with Crippen LogP contribution in [-0.2, 0) is 39.3 Å². The number of halogens is 1. The minimum Gasteiger partial charge on any atom is -0.490 e. The number of ether oxygens (including phenoxy) is 1. The Morgan fingerprint density at radius 3 is 2.28 bits per heavy atom. The minimum absolute atomic E-state index is 0. The fourth-order valence-corrected chi connectivity index (χ4v) is 4.49. The van der Waals surface area contributed by atoms with Crippen LogP contribution in [0.2, 0.25) is 0 Å². The molecular formula is C25H35FNOY+. The number of likely N-dealkylation sites (tertiary alicyclic amines) is 1. The molecule has 1 saturated heterocycles. The first-order valence-corrected chi connectivity index (χ1v) is 11.0. The second-order valence-corrected chi connectivity index (χ2v) is 8.37. The number of rotatable bonds is 9. The van der Waals surface area contributed by atoms with Crippen molar-refractivity contribution in [3.63, 3.8) is 0 Å². The Balaban J connectivity index is 0.00000300. The third-order valence-corrected chi connectivity index (χ3v) is 6.06. The van der Waals surface area contributed by atoms with Crippen molar-refractivity contribution in [3.05, 3.63) is 65.5 Å². The van der Waals surface area contributed by atoms with Gasteiger partial charge in [-0.1, -0.05) is 42.5 Å². The van der Waals surface area contributed by atoms with E-state index in [0.717, 1.165) is 24.9 Å². The van der Waals surface area contributed by atoms with Crippen molar-refractivity contribution in [3.8, 4) is 5.75 Å². The van der Waals surface area contributed by atoms with Gasteiger partial charge in [0.2, 0.25) is 0 Å². The summed E-state index contributed by atoms with van der Waals surface area (Å²) in [5, 5.41) is 0. The number of hydrogen-bond donors (Lipinski definition) is 0. The molecule has 0 amide bonds. The van der Waals surface area contributed by atoms with Gasteiger partial charge in [-0.3, -0.25) is 0 Å². The van der Waals surface area contributed by atoms with Crippen LogP contribution >= 0.6 is 0 Å². The predicted octanol–water partition coefficient (Wildman–Crippen LogP) is 6.27. The molecule has 1 aliphatic heterocycles. The summed E-state index contributed by atoms with van der Waals surface area (Å²) in [5.41, 5.74) is 2.33. The molecule has 0 aliphatic carbocycles. The van der Waals surface area contributed by atoms with E-state index in [1.165, 1.54) is 67.9 Å². The van der Waals surface area contributed by atoms with Crippen LogP contribution in [0.15, 0.2) is 48.5 Å². The molecule has 0 bridgehead atoms. The molecule has 0 spiro atoms. The number of aryl methyl sites for hydroxylation is 1. The van der Waals surface area contributed by atoms with Gasteiger partial charge in [-0.05, 0) is 63.5 Å². The molecule has 1 aliphatic rings. The Bertz CT molecular complexity index is 694. The monoisotopic (exact) mass is 473 g/mol. The molecule has 29 heavy (non-hydrogen) atoms. The van der Waals surface area contributed by atoms with Crippen molar-refractivity contribution in [2.75, 3.05) is 26.2 Å². The Morgan fingerprint density at radius 1 is 0.862 bits per heavy atom. The number of quaternary nitrogens is 1. The zero-order valence-corrected chi connectivity index (χ0v) is 20.8.